The molecule has 0 aliphatic heterocycles. The lowest BCUT2D eigenvalue weighted by Crippen LogP contribution is -1.97. The van der Waals surface area contributed by atoms with E-state index in [1.54, 1.807) is 12.3 Å². The molecule has 2 heterocycles. The third kappa shape index (κ3) is 3.09. The molecule has 0 saturated heterocycles. The van der Waals surface area contributed by atoms with Crippen molar-refractivity contribution in [1.82, 2.24) is 10.2 Å². The van der Waals surface area contributed by atoms with E-state index in [1.807, 2.05) is 30.3 Å². The highest BCUT2D eigenvalue weighted by atomic mass is 32.1. The summed E-state index contributed by atoms with van der Waals surface area (Å²) in [5.74, 6) is 0. The van der Waals surface area contributed by atoms with Crippen LogP contribution in [-0.4, -0.2) is 15.1 Å². The standard InChI is InChI=1S/C14H12N4O2S/c19-18(20)14-5-4-12(21-14)9-15-11-3-1-2-10(8-11)13-6-7-16-17-13/h1-8,15H,9H2,(H,16,17). The number of aromatic nitrogens is 2. The molecule has 106 valence electrons. The molecule has 3 rings (SSSR count). The van der Waals surface area contributed by atoms with Crippen LogP contribution in [-0.2, 0) is 6.54 Å². The van der Waals surface area contributed by atoms with Crippen molar-refractivity contribution in [3.63, 3.8) is 0 Å². The van der Waals surface area contributed by atoms with E-state index in [9.17, 15) is 10.1 Å². The normalized spacial score (nSPS) is 10.5. The number of anilines is 1. The first-order chi connectivity index (χ1) is 10.2. The lowest BCUT2D eigenvalue weighted by molar-refractivity contribution is -0.380. The van der Waals surface area contributed by atoms with E-state index in [0.29, 0.717) is 6.54 Å². The molecule has 0 unspecified atom stereocenters. The topological polar surface area (TPSA) is 83.8 Å². The van der Waals surface area contributed by atoms with Crippen molar-refractivity contribution in [1.29, 1.82) is 0 Å². The number of nitrogens with zero attached hydrogens (tertiary/aromatic N) is 2. The molecule has 2 aromatic heterocycles. The average Bonchev–Trinajstić information content (AvgIpc) is 3.17. The van der Waals surface area contributed by atoms with Crippen LogP contribution in [0.5, 0.6) is 0 Å². The van der Waals surface area contributed by atoms with Crippen LogP contribution in [0.4, 0.5) is 10.7 Å². The monoisotopic (exact) mass is 300 g/mol. The number of nitrogens with one attached hydrogen (secondary N) is 2. The molecule has 2 N–H and O–H groups in total. The molecule has 21 heavy (non-hydrogen) atoms. The van der Waals surface area contributed by atoms with E-state index in [1.165, 1.54) is 17.4 Å². The van der Waals surface area contributed by atoms with Gasteiger partial charge < -0.3 is 5.32 Å². The molecule has 6 nitrogen and oxygen atoms in total. The average molecular weight is 300 g/mol. The number of aromatic amines is 1. The minimum absolute atomic E-state index is 0.165. The minimum Gasteiger partial charge on any atom is -0.380 e. The number of hydrogen-bond acceptors (Lipinski definition) is 5. The first-order valence-corrected chi connectivity index (χ1v) is 7.11. The van der Waals surface area contributed by atoms with Gasteiger partial charge in [0.15, 0.2) is 0 Å². The van der Waals surface area contributed by atoms with Gasteiger partial charge in [-0.1, -0.05) is 23.5 Å². The van der Waals surface area contributed by atoms with E-state index in [4.69, 9.17) is 0 Å². The smallest absolute Gasteiger partial charge is 0.324 e. The van der Waals surface area contributed by atoms with Gasteiger partial charge in [-0.05, 0) is 24.3 Å². The van der Waals surface area contributed by atoms with Crippen LogP contribution in [0.2, 0.25) is 0 Å². The van der Waals surface area contributed by atoms with Crippen LogP contribution in [0.1, 0.15) is 4.88 Å². The van der Waals surface area contributed by atoms with E-state index < -0.39 is 0 Å². The summed E-state index contributed by atoms with van der Waals surface area (Å²) in [6.45, 7) is 0.560. The summed E-state index contributed by atoms with van der Waals surface area (Å²) in [5.41, 5.74) is 2.94. The van der Waals surface area contributed by atoms with Gasteiger partial charge in [0.25, 0.3) is 0 Å². The molecular formula is C14H12N4O2S. The van der Waals surface area contributed by atoms with Crippen molar-refractivity contribution in [3.8, 4) is 11.3 Å². The largest absolute Gasteiger partial charge is 0.380 e. The molecule has 0 aliphatic rings. The van der Waals surface area contributed by atoms with Crippen LogP contribution in [0, 0.1) is 10.1 Å². The Morgan fingerprint density at radius 2 is 2.19 bits per heavy atom. The summed E-state index contributed by atoms with van der Waals surface area (Å²) >= 11 is 1.18. The van der Waals surface area contributed by atoms with Gasteiger partial charge in [-0.2, -0.15) is 5.10 Å². The fraction of sp³-hybridized carbons (Fsp3) is 0.0714. The SMILES string of the molecule is O=[N+]([O-])c1ccc(CNc2cccc(-c3ccn[nH]3)c2)s1. The number of thiophene rings is 1. The lowest BCUT2D eigenvalue weighted by atomic mass is 10.1. The molecule has 0 atom stereocenters. The van der Waals surface area contributed by atoms with Gasteiger partial charge in [0.2, 0.25) is 0 Å². The molecule has 0 spiro atoms. The van der Waals surface area contributed by atoms with Gasteiger partial charge in [0.05, 0.1) is 10.6 Å². The van der Waals surface area contributed by atoms with Crippen molar-refractivity contribution in [2.75, 3.05) is 5.32 Å². The Morgan fingerprint density at radius 3 is 2.90 bits per heavy atom. The molecule has 1 aromatic carbocycles. The molecule has 0 aliphatic carbocycles. The Hall–Kier alpha value is -2.67. The second kappa shape index (κ2) is 5.76. The highest BCUT2D eigenvalue weighted by molar-refractivity contribution is 7.15. The molecule has 0 fully saturated rings. The Labute approximate surface area is 124 Å². The summed E-state index contributed by atoms with van der Waals surface area (Å²) < 4.78 is 0. The first kappa shape index (κ1) is 13.3. The summed E-state index contributed by atoms with van der Waals surface area (Å²) in [7, 11) is 0. The third-order valence-electron chi connectivity index (χ3n) is 2.97. The van der Waals surface area contributed by atoms with Crippen LogP contribution in [0.25, 0.3) is 11.3 Å². The number of benzene rings is 1. The molecule has 3 aromatic rings. The predicted molar refractivity (Wildman–Crippen MR) is 82.3 cm³/mol. The van der Waals surface area contributed by atoms with E-state index in [2.05, 4.69) is 15.5 Å². The second-order valence-corrected chi connectivity index (χ2v) is 5.55. The quantitative estimate of drug-likeness (QED) is 0.556. The summed E-state index contributed by atoms with van der Waals surface area (Å²) in [6, 6.07) is 13.1. The van der Waals surface area contributed by atoms with E-state index in [0.717, 1.165) is 21.8 Å². The highest BCUT2D eigenvalue weighted by Crippen LogP contribution is 2.25. The van der Waals surface area contributed by atoms with Crippen LogP contribution in [0.3, 0.4) is 0 Å². The van der Waals surface area contributed by atoms with Gasteiger partial charge in [0, 0.05) is 34.9 Å². The van der Waals surface area contributed by atoms with Gasteiger partial charge >= 0.3 is 5.00 Å². The zero-order chi connectivity index (χ0) is 14.7. The van der Waals surface area contributed by atoms with Gasteiger partial charge in [-0.3, -0.25) is 15.2 Å². The highest BCUT2D eigenvalue weighted by Gasteiger charge is 2.09. The van der Waals surface area contributed by atoms with Crippen molar-refractivity contribution in [3.05, 3.63) is 63.7 Å². The fourth-order valence-electron chi connectivity index (χ4n) is 1.96. The van der Waals surface area contributed by atoms with Gasteiger partial charge in [0.1, 0.15) is 0 Å². The summed E-state index contributed by atoms with van der Waals surface area (Å²) in [4.78, 5) is 11.2. The lowest BCUT2D eigenvalue weighted by Gasteiger charge is -2.06. The number of rotatable bonds is 5. The number of nitro groups is 1. The van der Waals surface area contributed by atoms with Crippen LogP contribution in [0.15, 0.2) is 48.7 Å². The van der Waals surface area contributed by atoms with Crippen molar-refractivity contribution >= 4 is 22.0 Å². The van der Waals surface area contributed by atoms with Crippen molar-refractivity contribution in [2.45, 2.75) is 6.54 Å². The fourth-order valence-corrected chi connectivity index (χ4v) is 2.72. The molecule has 7 heteroatoms. The minimum atomic E-state index is -0.368. The molecule has 0 radical (unpaired) electrons. The predicted octanol–water partition coefficient (Wildman–Crippen LogP) is 3.66. The summed E-state index contributed by atoms with van der Waals surface area (Å²) in [5, 5.41) is 20.9. The Balaban J connectivity index is 1.70. The van der Waals surface area contributed by atoms with E-state index >= 15 is 0 Å². The maximum Gasteiger partial charge on any atom is 0.324 e. The maximum absolute atomic E-state index is 10.7. The molecule has 0 amide bonds. The Kier molecular flexibility index (Phi) is 3.65. The maximum atomic E-state index is 10.7. The van der Waals surface area contributed by atoms with Crippen molar-refractivity contribution < 1.29 is 4.92 Å². The van der Waals surface area contributed by atoms with E-state index in [-0.39, 0.29) is 9.92 Å². The van der Waals surface area contributed by atoms with Crippen LogP contribution < -0.4 is 5.32 Å². The molecular weight excluding hydrogens is 288 g/mol. The second-order valence-electron chi connectivity index (χ2n) is 4.40. The molecule has 0 saturated carbocycles. The zero-order valence-corrected chi connectivity index (χ0v) is 11.8. The van der Waals surface area contributed by atoms with Gasteiger partial charge in [-0.25, -0.2) is 0 Å². The number of hydrogen-bond donors (Lipinski definition) is 2. The van der Waals surface area contributed by atoms with Crippen molar-refractivity contribution in [2.24, 2.45) is 0 Å². The Morgan fingerprint density at radius 1 is 1.29 bits per heavy atom. The van der Waals surface area contributed by atoms with Crippen LogP contribution >= 0.6 is 11.3 Å². The van der Waals surface area contributed by atoms with Gasteiger partial charge in [-0.15, -0.1) is 0 Å². The zero-order valence-electron chi connectivity index (χ0n) is 10.9. The first-order valence-electron chi connectivity index (χ1n) is 6.29. The third-order valence-corrected chi connectivity index (χ3v) is 4.01. The molecule has 0 bridgehead atoms. The number of H-pyrrole nitrogens is 1. The Bertz CT molecular complexity index is 752. The summed E-state index contributed by atoms with van der Waals surface area (Å²) in [6.07, 6.45) is 1.71.